The summed E-state index contributed by atoms with van der Waals surface area (Å²) in [5.74, 6) is 0. The topological polar surface area (TPSA) is 90.9 Å². The summed E-state index contributed by atoms with van der Waals surface area (Å²) in [6.45, 7) is 3.36. The van der Waals surface area contributed by atoms with Gasteiger partial charge in [-0.2, -0.15) is 0 Å². The van der Waals surface area contributed by atoms with E-state index in [2.05, 4.69) is 20.8 Å². The van der Waals surface area contributed by atoms with E-state index in [1.165, 1.54) is 0 Å². The van der Waals surface area contributed by atoms with Gasteiger partial charge in [0.1, 0.15) is 6.33 Å². The highest BCUT2D eigenvalue weighted by Gasteiger charge is 2.10. The fourth-order valence-electron chi connectivity index (χ4n) is 2.22. The maximum atomic E-state index is 5.58. The molecule has 1 aromatic heterocycles. The van der Waals surface area contributed by atoms with E-state index in [9.17, 15) is 0 Å². The van der Waals surface area contributed by atoms with Gasteiger partial charge in [-0.1, -0.05) is 6.07 Å². The van der Waals surface area contributed by atoms with Crippen LogP contribution in [0, 0.1) is 6.92 Å². The van der Waals surface area contributed by atoms with Gasteiger partial charge in [0.25, 0.3) is 0 Å². The molecule has 0 saturated carbocycles. The van der Waals surface area contributed by atoms with Crippen molar-refractivity contribution in [1.82, 2.24) is 20.2 Å². The molecule has 0 saturated heterocycles. The molecule has 0 radical (unpaired) electrons. The molecule has 114 valence electrons. The number of anilines is 1. The highest BCUT2D eigenvalue weighted by Crippen LogP contribution is 2.19. The first-order valence-corrected chi connectivity index (χ1v) is 7.04. The number of ether oxygens (including phenoxy) is 1. The molecule has 1 unspecified atom stereocenters. The van der Waals surface area contributed by atoms with Gasteiger partial charge in [0.05, 0.1) is 12.3 Å². The van der Waals surface area contributed by atoms with Crippen LogP contribution in [0.3, 0.4) is 0 Å². The van der Waals surface area contributed by atoms with Gasteiger partial charge < -0.3 is 15.8 Å². The van der Waals surface area contributed by atoms with Crippen LogP contribution in [0.25, 0.3) is 5.69 Å². The number of nitrogens with two attached hydrogens (primary N) is 1. The number of nitrogens with one attached hydrogen (secondary N) is 1. The molecule has 1 heterocycles. The molecule has 3 N–H and O–H groups in total. The van der Waals surface area contributed by atoms with Crippen LogP contribution in [0.2, 0.25) is 0 Å². The zero-order chi connectivity index (χ0) is 15.1. The van der Waals surface area contributed by atoms with Gasteiger partial charge in [0, 0.05) is 18.8 Å². The van der Waals surface area contributed by atoms with E-state index in [4.69, 9.17) is 10.5 Å². The van der Waals surface area contributed by atoms with Crippen molar-refractivity contribution < 1.29 is 4.74 Å². The van der Waals surface area contributed by atoms with E-state index >= 15 is 0 Å². The number of rotatable bonds is 8. The van der Waals surface area contributed by atoms with Gasteiger partial charge >= 0.3 is 0 Å². The molecule has 0 spiro atoms. The highest BCUT2D eigenvalue weighted by molar-refractivity contribution is 5.54. The fraction of sp³-hybridized carbons (Fsp3) is 0.500. The lowest BCUT2D eigenvalue weighted by atomic mass is 10.1. The Kier molecular flexibility index (Phi) is 5.65. The Labute approximate surface area is 124 Å². The third-order valence-corrected chi connectivity index (χ3v) is 3.30. The van der Waals surface area contributed by atoms with Gasteiger partial charge in [0.2, 0.25) is 0 Å². The number of methoxy groups -OCH3 is 1. The van der Waals surface area contributed by atoms with Crippen LogP contribution in [0.15, 0.2) is 24.5 Å². The smallest absolute Gasteiger partial charge is 0.143 e. The molecule has 0 aliphatic rings. The van der Waals surface area contributed by atoms with E-state index < -0.39 is 0 Å². The quantitative estimate of drug-likeness (QED) is 0.757. The van der Waals surface area contributed by atoms with E-state index in [-0.39, 0.29) is 6.04 Å². The Morgan fingerprint density at radius 2 is 2.29 bits per heavy atom. The normalized spacial score (nSPS) is 12.3. The SMILES string of the molecule is COCC(CCCN)Nc1ccc(C)c(-n2cnnn2)c1. The van der Waals surface area contributed by atoms with Crippen molar-refractivity contribution >= 4 is 5.69 Å². The molecule has 21 heavy (non-hydrogen) atoms. The van der Waals surface area contributed by atoms with Crippen molar-refractivity contribution in [2.24, 2.45) is 5.73 Å². The monoisotopic (exact) mass is 290 g/mol. The van der Waals surface area contributed by atoms with Crippen LogP contribution in [-0.2, 0) is 4.74 Å². The lowest BCUT2D eigenvalue weighted by Gasteiger charge is -2.19. The second kappa shape index (κ2) is 7.70. The van der Waals surface area contributed by atoms with Gasteiger partial charge in [-0.25, -0.2) is 4.68 Å². The molecular weight excluding hydrogens is 268 g/mol. The molecule has 0 amide bonds. The Morgan fingerprint density at radius 1 is 1.43 bits per heavy atom. The average Bonchev–Trinajstić information content (AvgIpc) is 3.01. The molecule has 7 heteroatoms. The highest BCUT2D eigenvalue weighted by atomic mass is 16.5. The number of tetrazole rings is 1. The van der Waals surface area contributed by atoms with E-state index in [1.807, 2.05) is 25.1 Å². The minimum atomic E-state index is 0.239. The standard InChI is InChI=1S/C14H22N6O/c1-11-5-6-12(8-14(11)20-10-16-18-19-20)17-13(9-21-2)4-3-7-15/h5-6,8,10,13,17H,3-4,7,9,15H2,1-2H3. The predicted molar refractivity (Wildman–Crippen MR) is 81.5 cm³/mol. The van der Waals surface area contributed by atoms with E-state index in [0.29, 0.717) is 13.2 Å². The van der Waals surface area contributed by atoms with Crippen molar-refractivity contribution in [3.63, 3.8) is 0 Å². The minimum Gasteiger partial charge on any atom is -0.383 e. The van der Waals surface area contributed by atoms with Crippen LogP contribution in [0.4, 0.5) is 5.69 Å². The fourth-order valence-corrected chi connectivity index (χ4v) is 2.22. The Hall–Kier alpha value is -1.99. The summed E-state index contributed by atoms with van der Waals surface area (Å²) in [7, 11) is 1.71. The predicted octanol–water partition coefficient (Wildman–Crippen LogP) is 1.14. The van der Waals surface area contributed by atoms with E-state index in [0.717, 1.165) is 29.8 Å². The maximum Gasteiger partial charge on any atom is 0.143 e. The summed E-state index contributed by atoms with van der Waals surface area (Å²) < 4.78 is 6.92. The molecule has 0 aliphatic heterocycles. The molecule has 1 aromatic carbocycles. The Bertz CT molecular complexity index is 542. The molecule has 7 nitrogen and oxygen atoms in total. The largest absolute Gasteiger partial charge is 0.383 e. The number of hydrogen-bond donors (Lipinski definition) is 2. The van der Waals surface area contributed by atoms with Crippen LogP contribution in [0.1, 0.15) is 18.4 Å². The number of aryl methyl sites for hydroxylation is 1. The van der Waals surface area contributed by atoms with Gasteiger partial charge in [-0.15, -0.1) is 5.10 Å². The first kappa shape index (κ1) is 15.4. The zero-order valence-corrected chi connectivity index (χ0v) is 12.5. The summed E-state index contributed by atoms with van der Waals surface area (Å²) in [6.07, 6.45) is 3.53. The molecular formula is C14H22N6O. The van der Waals surface area contributed by atoms with Crippen molar-refractivity contribution in [1.29, 1.82) is 0 Å². The van der Waals surface area contributed by atoms with Crippen molar-refractivity contribution in [3.8, 4) is 5.69 Å². The van der Waals surface area contributed by atoms with Crippen LogP contribution in [0.5, 0.6) is 0 Å². The van der Waals surface area contributed by atoms with Crippen LogP contribution < -0.4 is 11.1 Å². The summed E-state index contributed by atoms with van der Waals surface area (Å²) in [6, 6.07) is 6.38. The molecule has 2 rings (SSSR count). The number of hydrogen-bond acceptors (Lipinski definition) is 6. The van der Waals surface area contributed by atoms with Gasteiger partial charge in [0.15, 0.2) is 0 Å². The van der Waals surface area contributed by atoms with E-state index in [1.54, 1.807) is 18.1 Å². The summed E-state index contributed by atoms with van der Waals surface area (Å²) in [5.41, 5.74) is 8.67. The molecule has 1 atom stereocenters. The Balaban J connectivity index is 2.14. The first-order chi connectivity index (χ1) is 10.2. The maximum absolute atomic E-state index is 5.58. The minimum absolute atomic E-state index is 0.239. The third kappa shape index (κ3) is 4.24. The number of aromatic nitrogens is 4. The average molecular weight is 290 g/mol. The van der Waals surface area contributed by atoms with Crippen LogP contribution in [-0.4, -0.2) is 46.5 Å². The summed E-state index contributed by atoms with van der Waals surface area (Å²) >= 11 is 0. The lowest BCUT2D eigenvalue weighted by molar-refractivity contribution is 0.182. The van der Waals surface area contributed by atoms with Crippen molar-refractivity contribution in [3.05, 3.63) is 30.1 Å². The number of nitrogens with zero attached hydrogens (tertiary/aromatic N) is 4. The first-order valence-electron chi connectivity index (χ1n) is 7.04. The number of benzene rings is 1. The summed E-state index contributed by atoms with van der Waals surface area (Å²) in [5, 5.41) is 14.8. The van der Waals surface area contributed by atoms with Crippen molar-refractivity contribution in [2.45, 2.75) is 25.8 Å². The van der Waals surface area contributed by atoms with Crippen molar-refractivity contribution in [2.75, 3.05) is 25.6 Å². The second-order valence-electron chi connectivity index (χ2n) is 4.98. The van der Waals surface area contributed by atoms with Crippen LogP contribution >= 0.6 is 0 Å². The lowest BCUT2D eigenvalue weighted by Crippen LogP contribution is -2.26. The Morgan fingerprint density at radius 3 is 2.95 bits per heavy atom. The molecule has 0 aliphatic carbocycles. The zero-order valence-electron chi connectivity index (χ0n) is 12.5. The molecule has 0 fully saturated rings. The molecule has 2 aromatic rings. The summed E-state index contributed by atoms with van der Waals surface area (Å²) in [4.78, 5) is 0. The second-order valence-corrected chi connectivity index (χ2v) is 4.98. The van der Waals surface area contributed by atoms with Gasteiger partial charge in [-0.05, 0) is 54.4 Å². The molecule has 0 bridgehead atoms. The van der Waals surface area contributed by atoms with Gasteiger partial charge in [-0.3, -0.25) is 0 Å². The third-order valence-electron chi connectivity index (χ3n) is 3.30.